The molecule has 0 unspecified atom stereocenters. The second kappa shape index (κ2) is 6.17. The van der Waals surface area contributed by atoms with Crippen LogP contribution in [-0.4, -0.2) is 36.7 Å². The first-order valence-corrected chi connectivity index (χ1v) is 8.23. The van der Waals surface area contributed by atoms with Gasteiger partial charge in [0, 0.05) is 36.7 Å². The fraction of sp³-hybridized carbons (Fsp3) is 0.357. The lowest BCUT2D eigenvalue weighted by atomic mass is 10.2. The first-order valence-electron chi connectivity index (χ1n) is 7.25. The Labute approximate surface area is 136 Å². The molecule has 0 saturated heterocycles. The van der Waals surface area contributed by atoms with Gasteiger partial charge in [-0.1, -0.05) is 6.92 Å². The summed E-state index contributed by atoms with van der Waals surface area (Å²) in [7, 11) is 1.77. The van der Waals surface area contributed by atoms with Crippen LogP contribution in [0.5, 0.6) is 0 Å². The van der Waals surface area contributed by atoms with Gasteiger partial charge in [0.15, 0.2) is 5.65 Å². The summed E-state index contributed by atoms with van der Waals surface area (Å²) >= 11 is 1.52. The number of hydrogen-bond donors (Lipinski definition) is 2. The molecule has 0 saturated carbocycles. The predicted molar refractivity (Wildman–Crippen MR) is 88.7 cm³/mol. The molecule has 7 nitrogen and oxygen atoms in total. The number of nitrogens with zero attached hydrogens (tertiary/aromatic N) is 5. The van der Waals surface area contributed by atoms with Crippen LogP contribution in [0.4, 0.5) is 10.2 Å². The van der Waals surface area contributed by atoms with E-state index in [4.69, 9.17) is 11.5 Å². The molecule has 0 fully saturated rings. The smallest absolute Gasteiger partial charge is 0.243 e. The highest BCUT2D eigenvalue weighted by Gasteiger charge is 2.22. The van der Waals surface area contributed by atoms with Crippen molar-refractivity contribution in [1.29, 1.82) is 0 Å². The molecule has 4 N–H and O–H groups in total. The second-order valence-corrected chi connectivity index (χ2v) is 6.16. The first kappa shape index (κ1) is 15.8. The number of fused-ring (bicyclic) bond motifs is 1. The van der Waals surface area contributed by atoms with E-state index >= 15 is 0 Å². The average molecular weight is 335 g/mol. The lowest BCUT2D eigenvalue weighted by Gasteiger charge is -2.11. The summed E-state index contributed by atoms with van der Waals surface area (Å²) in [6.07, 6.45) is 3.99. The lowest BCUT2D eigenvalue weighted by molar-refractivity contribution is 0.574. The van der Waals surface area contributed by atoms with Crippen LogP contribution in [0, 0.1) is 5.95 Å². The Morgan fingerprint density at radius 2 is 2.17 bits per heavy atom. The molecule has 0 amide bonds. The van der Waals surface area contributed by atoms with Crippen LogP contribution in [0.1, 0.15) is 12.5 Å². The van der Waals surface area contributed by atoms with Crippen molar-refractivity contribution in [3.63, 3.8) is 0 Å². The predicted octanol–water partition coefficient (Wildman–Crippen LogP) is 1.46. The van der Waals surface area contributed by atoms with Crippen molar-refractivity contribution in [3.05, 3.63) is 23.9 Å². The van der Waals surface area contributed by atoms with Gasteiger partial charge in [-0.15, -0.1) is 16.9 Å². The summed E-state index contributed by atoms with van der Waals surface area (Å²) < 4.78 is 17.4. The summed E-state index contributed by atoms with van der Waals surface area (Å²) in [4.78, 5) is 4.60. The summed E-state index contributed by atoms with van der Waals surface area (Å²) in [5.41, 5.74) is 13.9. The Balaban J connectivity index is 2.26. The molecular weight excluding hydrogens is 317 g/mol. The maximum atomic E-state index is 14.4. The number of aryl methyl sites for hydroxylation is 1. The summed E-state index contributed by atoms with van der Waals surface area (Å²) in [5.74, 6) is 0.514. The van der Waals surface area contributed by atoms with E-state index in [0.29, 0.717) is 41.3 Å². The van der Waals surface area contributed by atoms with Crippen molar-refractivity contribution in [3.8, 4) is 11.1 Å². The van der Waals surface area contributed by atoms with Gasteiger partial charge < -0.3 is 11.5 Å². The minimum absolute atomic E-state index is 0.307. The zero-order valence-corrected chi connectivity index (χ0v) is 13.8. The van der Waals surface area contributed by atoms with Crippen LogP contribution in [0.25, 0.3) is 16.8 Å². The van der Waals surface area contributed by atoms with Crippen LogP contribution in [0.15, 0.2) is 17.4 Å². The molecule has 3 rings (SSSR count). The second-order valence-electron chi connectivity index (χ2n) is 5.08. The summed E-state index contributed by atoms with van der Waals surface area (Å²) in [6.45, 7) is 2.51. The molecule has 0 atom stereocenters. The van der Waals surface area contributed by atoms with Crippen LogP contribution in [0.3, 0.4) is 0 Å². The van der Waals surface area contributed by atoms with Crippen molar-refractivity contribution in [2.45, 2.75) is 18.4 Å². The van der Waals surface area contributed by atoms with Gasteiger partial charge in [0.05, 0.1) is 11.8 Å². The Morgan fingerprint density at radius 3 is 2.78 bits per heavy atom. The molecule has 0 aliphatic rings. The molecule has 0 bridgehead atoms. The number of aromatic nitrogens is 5. The number of thioether (sulfide) groups is 1. The SMILES string of the molecule is CCc1c(SCCN)nc2c(-c3cnn(C)c3)c(F)nn2c1N. The minimum atomic E-state index is -0.611. The van der Waals surface area contributed by atoms with Gasteiger partial charge in [0.25, 0.3) is 0 Å². The van der Waals surface area contributed by atoms with E-state index in [1.54, 1.807) is 24.1 Å². The number of nitrogens with two attached hydrogens (primary N) is 2. The third-order valence-corrected chi connectivity index (χ3v) is 4.58. The zero-order valence-electron chi connectivity index (χ0n) is 13.0. The third-order valence-electron chi connectivity index (χ3n) is 3.53. The van der Waals surface area contributed by atoms with Crippen molar-refractivity contribution in [2.24, 2.45) is 12.8 Å². The Kier molecular flexibility index (Phi) is 4.22. The number of rotatable bonds is 5. The van der Waals surface area contributed by atoms with Crippen LogP contribution in [0.2, 0.25) is 0 Å². The lowest BCUT2D eigenvalue weighted by Crippen LogP contribution is -2.08. The van der Waals surface area contributed by atoms with Crippen LogP contribution >= 0.6 is 11.8 Å². The molecule has 0 aliphatic carbocycles. The maximum Gasteiger partial charge on any atom is 0.243 e. The Morgan fingerprint density at radius 1 is 1.39 bits per heavy atom. The van der Waals surface area contributed by atoms with Gasteiger partial charge in [0.2, 0.25) is 5.95 Å². The van der Waals surface area contributed by atoms with Gasteiger partial charge in [-0.05, 0) is 6.42 Å². The largest absolute Gasteiger partial charge is 0.383 e. The van der Waals surface area contributed by atoms with Crippen molar-refractivity contribution >= 4 is 23.2 Å². The maximum absolute atomic E-state index is 14.4. The standard InChI is InChI=1S/C14H18FN7S/c1-3-9-12(17)22-13(19-14(9)23-5-4-16)10(11(15)20-22)8-6-18-21(2)7-8/h6-7H,3-5,16-17H2,1-2H3. The molecule has 9 heteroatoms. The van der Waals surface area contributed by atoms with E-state index < -0.39 is 5.95 Å². The molecule has 0 spiro atoms. The zero-order chi connectivity index (χ0) is 16.6. The first-order chi connectivity index (χ1) is 11.1. The van der Waals surface area contributed by atoms with Gasteiger partial charge in [-0.2, -0.15) is 14.0 Å². The van der Waals surface area contributed by atoms with E-state index in [1.165, 1.54) is 16.3 Å². The van der Waals surface area contributed by atoms with Gasteiger partial charge in [-0.3, -0.25) is 4.68 Å². The molecule has 122 valence electrons. The van der Waals surface area contributed by atoms with Gasteiger partial charge in [0.1, 0.15) is 10.8 Å². The highest BCUT2D eigenvalue weighted by molar-refractivity contribution is 7.99. The number of nitrogen functional groups attached to an aromatic ring is 1. The topological polar surface area (TPSA) is 100 Å². The third kappa shape index (κ3) is 2.66. The molecule has 0 radical (unpaired) electrons. The highest BCUT2D eigenvalue weighted by atomic mass is 32.2. The van der Waals surface area contributed by atoms with Gasteiger partial charge in [-0.25, -0.2) is 4.98 Å². The number of halogens is 1. The van der Waals surface area contributed by atoms with E-state index in [1.807, 2.05) is 6.92 Å². The normalized spacial score (nSPS) is 11.5. The average Bonchev–Trinajstić information content (AvgIpc) is 3.08. The van der Waals surface area contributed by atoms with E-state index in [9.17, 15) is 4.39 Å². The molecule has 23 heavy (non-hydrogen) atoms. The molecule has 3 heterocycles. The van der Waals surface area contributed by atoms with E-state index in [2.05, 4.69) is 15.2 Å². The van der Waals surface area contributed by atoms with Crippen molar-refractivity contribution < 1.29 is 4.39 Å². The number of hydrogen-bond acceptors (Lipinski definition) is 6. The molecule has 0 aliphatic heterocycles. The summed E-state index contributed by atoms with van der Waals surface area (Å²) in [6, 6.07) is 0. The minimum Gasteiger partial charge on any atom is -0.383 e. The fourth-order valence-corrected chi connectivity index (χ4v) is 3.35. The number of anilines is 1. The highest BCUT2D eigenvalue weighted by Crippen LogP contribution is 2.32. The van der Waals surface area contributed by atoms with Crippen molar-refractivity contribution in [1.82, 2.24) is 24.4 Å². The van der Waals surface area contributed by atoms with Gasteiger partial charge >= 0.3 is 0 Å². The van der Waals surface area contributed by atoms with Crippen molar-refractivity contribution in [2.75, 3.05) is 18.0 Å². The summed E-state index contributed by atoms with van der Waals surface area (Å²) in [5, 5.41) is 8.77. The monoisotopic (exact) mass is 335 g/mol. The van der Waals surface area contributed by atoms with E-state index in [0.717, 1.165) is 10.6 Å². The Hall–Kier alpha value is -2.13. The Bertz CT molecular complexity index is 855. The molecule has 3 aromatic heterocycles. The quantitative estimate of drug-likeness (QED) is 0.541. The molecular formula is C14H18FN7S. The molecule has 3 aromatic rings. The fourth-order valence-electron chi connectivity index (χ4n) is 2.46. The van der Waals surface area contributed by atoms with Crippen LogP contribution < -0.4 is 11.5 Å². The van der Waals surface area contributed by atoms with E-state index in [-0.39, 0.29) is 0 Å². The van der Waals surface area contributed by atoms with Crippen LogP contribution in [-0.2, 0) is 13.5 Å². The molecule has 0 aromatic carbocycles.